The first-order chi connectivity index (χ1) is 23.0. The molecule has 0 saturated carbocycles. The van der Waals surface area contributed by atoms with Gasteiger partial charge in [0.1, 0.15) is 0 Å². The van der Waals surface area contributed by atoms with Gasteiger partial charge in [-0.1, -0.05) is 139 Å². The van der Waals surface area contributed by atoms with Crippen LogP contribution in [0.5, 0.6) is 0 Å². The van der Waals surface area contributed by atoms with Crippen molar-refractivity contribution in [3.8, 4) is 0 Å². The first kappa shape index (κ1) is 34.8. The van der Waals surface area contributed by atoms with Gasteiger partial charge in [0.2, 0.25) is 0 Å². The van der Waals surface area contributed by atoms with Gasteiger partial charge in [0, 0.05) is 23.0 Å². The number of carbonyl (C=O) groups is 2. The number of hydrogen-bond donors (Lipinski definition) is 1. The molecule has 8 heteroatoms. The Bertz CT molecular complexity index is 1800. The molecule has 0 unspecified atom stereocenters. The SMILES string of the molecule is O=C(O)[C@@H](N=C(c1ccccc1)c1cc(Cl)ccc1[N-]C(=O)[C@@H]1CCCN1Cc1ccccc1)C(c1ccccc1)c1ccccc1.[Ni+2]. The van der Waals surface area contributed by atoms with E-state index in [0.717, 1.165) is 29.7 Å². The predicted octanol–water partition coefficient (Wildman–Crippen LogP) is 8.66. The first-order valence-corrected chi connectivity index (χ1v) is 16.1. The van der Waals surface area contributed by atoms with E-state index in [1.165, 1.54) is 0 Å². The smallest absolute Gasteiger partial charge is 0.625 e. The molecule has 2 atom stereocenters. The minimum absolute atomic E-state index is 0. The molecule has 1 saturated heterocycles. The predicted molar refractivity (Wildman–Crippen MR) is 188 cm³/mol. The molecule has 1 amide bonds. The van der Waals surface area contributed by atoms with Gasteiger partial charge in [-0.3, -0.25) is 9.89 Å². The topological polar surface area (TPSA) is 84.1 Å². The van der Waals surface area contributed by atoms with Crippen LogP contribution in [0.3, 0.4) is 0 Å². The Hall–Kier alpha value is -4.55. The molecule has 0 aromatic heterocycles. The first-order valence-electron chi connectivity index (χ1n) is 15.8. The number of carboxylic acids is 1. The number of amides is 1. The van der Waals surface area contributed by atoms with Crippen molar-refractivity contribution in [3.05, 3.63) is 178 Å². The van der Waals surface area contributed by atoms with E-state index in [1.807, 2.05) is 109 Å². The molecule has 1 aliphatic rings. The van der Waals surface area contributed by atoms with Gasteiger partial charge in [-0.25, -0.2) is 4.79 Å². The summed E-state index contributed by atoms with van der Waals surface area (Å²) in [6, 6.07) is 42.2. The van der Waals surface area contributed by atoms with Crippen LogP contribution in [0.25, 0.3) is 5.32 Å². The fourth-order valence-electron chi connectivity index (χ4n) is 6.29. The third-order valence-corrected chi connectivity index (χ3v) is 8.76. The molecule has 1 fully saturated rings. The van der Waals surface area contributed by atoms with Gasteiger partial charge in [-0.05, 0) is 53.8 Å². The summed E-state index contributed by atoms with van der Waals surface area (Å²) in [6.45, 7) is 1.48. The van der Waals surface area contributed by atoms with E-state index in [4.69, 9.17) is 16.6 Å². The summed E-state index contributed by atoms with van der Waals surface area (Å²) >= 11 is 6.57. The van der Waals surface area contributed by atoms with Crippen molar-refractivity contribution < 1.29 is 31.2 Å². The van der Waals surface area contributed by atoms with E-state index < -0.39 is 17.9 Å². The molecular weight excluding hydrogens is 665 g/mol. The van der Waals surface area contributed by atoms with Gasteiger partial charge >= 0.3 is 22.5 Å². The van der Waals surface area contributed by atoms with Crippen molar-refractivity contribution in [2.24, 2.45) is 4.99 Å². The van der Waals surface area contributed by atoms with E-state index in [1.54, 1.807) is 18.2 Å². The minimum atomic E-state index is -1.20. The molecule has 1 heterocycles. The zero-order chi connectivity index (χ0) is 32.6. The van der Waals surface area contributed by atoms with Crippen LogP contribution in [0.1, 0.15) is 46.6 Å². The molecule has 244 valence electrons. The maximum atomic E-state index is 13.8. The molecule has 0 radical (unpaired) electrons. The Balaban J connectivity index is 0.00000451. The molecule has 0 spiro atoms. The summed E-state index contributed by atoms with van der Waals surface area (Å²) < 4.78 is 0. The van der Waals surface area contributed by atoms with Crippen LogP contribution in [0.2, 0.25) is 5.02 Å². The largest absolute Gasteiger partial charge is 2.00 e. The van der Waals surface area contributed by atoms with Crippen molar-refractivity contribution >= 4 is 34.9 Å². The molecule has 6 rings (SSSR count). The second-order valence-electron chi connectivity index (χ2n) is 11.7. The Morgan fingerprint density at radius 1 is 0.812 bits per heavy atom. The zero-order valence-electron chi connectivity index (χ0n) is 26.1. The standard InChI is InChI=1S/C40H36ClN3O3.Ni/c41-32-23-24-34(42-39(45)35-22-13-25-44(35)27-28-14-5-1-6-15-28)33(26-32)37(31-20-11-4-12-21-31)43-38(40(46)47)36(29-16-7-2-8-17-29)30-18-9-3-10-19-30;/h1-12,14-21,23-24,26,35-36,38H,13,22,25,27H2,(H2,42,43,45,46,47);/q;+2/p-1/t35-,38-;/m0./s1. The van der Waals surface area contributed by atoms with E-state index in [9.17, 15) is 14.7 Å². The molecule has 1 N–H and O–H groups in total. The minimum Gasteiger partial charge on any atom is -0.625 e. The number of hydrogen-bond acceptors (Lipinski definition) is 4. The Labute approximate surface area is 296 Å². The summed E-state index contributed by atoms with van der Waals surface area (Å²) in [6.07, 6.45) is 1.62. The number of halogens is 1. The zero-order valence-corrected chi connectivity index (χ0v) is 27.9. The van der Waals surface area contributed by atoms with Crippen molar-refractivity contribution in [2.75, 3.05) is 6.54 Å². The monoisotopic (exact) mass is 698 g/mol. The fourth-order valence-corrected chi connectivity index (χ4v) is 6.46. The van der Waals surface area contributed by atoms with Crippen LogP contribution in [-0.4, -0.2) is 46.2 Å². The third kappa shape index (κ3) is 8.29. The number of carboxylic acid groups (broad SMARTS) is 1. The fraction of sp³-hybridized carbons (Fsp3) is 0.175. The van der Waals surface area contributed by atoms with Crippen LogP contribution in [0, 0.1) is 0 Å². The van der Waals surface area contributed by atoms with Crippen LogP contribution in [-0.2, 0) is 32.6 Å². The van der Waals surface area contributed by atoms with E-state index >= 15 is 0 Å². The number of nitrogens with zero attached hydrogens (tertiary/aromatic N) is 3. The number of likely N-dealkylation sites (tertiary alicyclic amines) is 1. The molecule has 5 aromatic carbocycles. The maximum absolute atomic E-state index is 13.8. The number of benzene rings is 5. The van der Waals surface area contributed by atoms with Crippen molar-refractivity contribution in [2.45, 2.75) is 37.4 Å². The average Bonchev–Trinajstić information content (AvgIpc) is 3.57. The summed E-state index contributed by atoms with van der Waals surface area (Å²) in [4.78, 5) is 34.2. The molecule has 5 aromatic rings. The Morgan fingerprint density at radius 2 is 1.38 bits per heavy atom. The molecule has 0 aliphatic carbocycles. The number of rotatable bonds is 11. The van der Waals surface area contributed by atoms with E-state index in [0.29, 0.717) is 40.5 Å². The van der Waals surface area contributed by atoms with Crippen molar-refractivity contribution in [1.82, 2.24) is 4.90 Å². The van der Waals surface area contributed by atoms with Crippen LogP contribution in [0.4, 0.5) is 5.69 Å². The number of aliphatic imine (C=N–C) groups is 1. The van der Waals surface area contributed by atoms with E-state index in [-0.39, 0.29) is 28.4 Å². The Morgan fingerprint density at radius 3 is 1.96 bits per heavy atom. The Kier molecular flexibility index (Phi) is 12.0. The molecular formula is C40H35ClN3NiO3+. The normalized spacial score (nSPS) is 15.5. The molecule has 48 heavy (non-hydrogen) atoms. The number of carbonyl (C=O) groups excluding carboxylic acids is 1. The second kappa shape index (κ2) is 16.5. The van der Waals surface area contributed by atoms with Crippen LogP contribution in [0.15, 0.2) is 145 Å². The summed E-state index contributed by atoms with van der Waals surface area (Å²) in [7, 11) is 0. The third-order valence-electron chi connectivity index (χ3n) is 8.52. The number of aliphatic carboxylic acids is 1. The molecule has 0 bridgehead atoms. The summed E-state index contributed by atoms with van der Waals surface area (Å²) in [5, 5.41) is 15.8. The molecule has 6 nitrogen and oxygen atoms in total. The van der Waals surface area contributed by atoms with Crippen LogP contribution >= 0.6 is 11.6 Å². The molecule has 1 aliphatic heterocycles. The quantitative estimate of drug-likeness (QED) is 0.111. The van der Waals surface area contributed by atoms with Gasteiger partial charge in [-0.15, -0.1) is 5.69 Å². The van der Waals surface area contributed by atoms with Gasteiger partial charge < -0.3 is 15.2 Å². The van der Waals surface area contributed by atoms with Gasteiger partial charge in [-0.2, -0.15) is 0 Å². The van der Waals surface area contributed by atoms with Crippen LogP contribution < -0.4 is 0 Å². The van der Waals surface area contributed by atoms with Gasteiger partial charge in [0.15, 0.2) is 6.04 Å². The van der Waals surface area contributed by atoms with Gasteiger partial charge in [0.05, 0.1) is 17.7 Å². The van der Waals surface area contributed by atoms with E-state index in [2.05, 4.69) is 22.3 Å². The maximum Gasteiger partial charge on any atom is 2.00 e. The average molecular weight is 700 g/mol. The van der Waals surface area contributed by atoms with Crippen molar-refractivity contribution in [3.63, 3.8) is 0 Å². The van der Waals surface area contributed by atoms with Gasteiger partial charge in [0.25, 0.3) is 0 Å². The second-order valence-corrected chi connectivity index (χ2v) is 12.1. The van der Waals surface area contributed by atoms with Crippen molar-refractivity contribution in [1.29, 1.82) is 0 Å². The summed E-state index contributed by atoms with van der Waals surface area (Å²) in [5.74, 6) is -1.90. The summed E-state index contributed by atoms with van der Waals surface area (Å²) in [5.41, 5.74) is 4.78.